The number of aromatic hydroxyl groups is 1. The first-order valence-electron chi connectivity index (χ1n) is 10.2. The number of halogens is 2. The van der Waals surface area contributed by atoms with E-state index in [9.17, 15) is 28.3 Å². The van der Waals surface area contributed by atoms with Crippen LogP contribution in [0.4, 0.5) is 8.78 Å². The molecule has 3 N–H and O–H groups in total. The van der Waals surface area contributed by atoms with Crippen molar-refractivity contribution >= 4 is 17.6 Å². The highest BCUT2D eigenvalue weighted by Gasteiger charge is 2.47. The molecule has 1 aliphatic heterocycles. The number of hydrogen-bond acceptors (Lipinski definition) is 6. The van der Waals surface area contributed by atoms with Gasteiger partial charge in [0, 0.05) is 12.0 Å². The third-order valence-corrected chi connectivity index (χ3v) is 5.55. The number of ether oxygens (including phenoxy) is 2. The van der Waals surface area contributed by atoms with Crippen LogP contribution in [0, 0.1) is 0 Å². The van der Waals surface area contributed by atoms with E-state index in [1.165, 1.54) is 36.4 Å². The average Bonchev–Trinajstić information content (AvgIpc) is 3.00. The van der Waals surface area contributed by atoms with Gasteiger partial charge in [0.1, 0.15) is 29.7 Å². The fraction of sp³-hybridized carbons (Fsp3) is 0.348. The zero-order chi connectivity index (χ0) is 24.2. The molecule has 0 spiro atoms. The van der Waals surface area contributed by atoms with Gasteiger partial charge in [-0.05, 0) is 55.8 Å². The standard InChI is InChI=1S/C23H24F2N2O6/c1-13-23(2,19(29)12-32-13)27-21(31)18(11-14-4-3-5-16(28)10-14)26-20(30)15-6-8-17(9-7-15)33-22(24)25/h3-10,13,18,22,28H,11-12H2,1-2H3,(H,26,30)(H,27,31). The van der Waals surface area contributed by atoms with Gasteiger partial charge in [0.25, 0.3) is 5.91 Å². The molecule has 1 fully saturated rings. The maximum absolute atomic E-state index is 13.1. The molecule has 0 saturated carbocycles. The third kappa shape index (κ3) is 5.83. The van der Waals surface area contributed by atoms with Crippen LogP contribution < -0.4 is 15.4 Å². The molecule has 0 bridgehead atoms. The van der Waals surface area contributed by atoms with Gasteiger partial charge in [-0.15, -0.1) is 0 Å². The van der Waals surface area contributed by atoms with Gasteiger partial charge in [-0.2, -0.15) is 8.78 Å². The Morgan fingerprint density at radius 2 is 1.94 bits per heavy atom. The molecular weight excluding hydrogens is 438 g/mol. The molecule has 0 aromatic heterocycles. The van der Waals surface area contributed by atoms with Gasteiger partial charge in [0.05, 0.1) is 6.10 Å². The lowest BCUT2D eigenvalue weighted by molar-refractivity contribution is -0.130. The Hall–Kier alpha value is -3.53. The molecule has 0 radical (unpaired) electrons. The molecule has 0 aliphatic carbocycles. The van der Waals surface area contributed by atoms with Crippen LogP contribution >= 0.6 is 0 Å². The van der Waals surface area contributed by atoms with E-state index in [0.29, 0.717) is 5.56 Å². The van der Waals surface area contributed by atoms with Crippen molar-refractivity contribution in [1.29, 1.82) is 0 Å². The molecule has 3 atom stereocenters. The number of nitrogens with one attached hydrogen (secondary N) is 2. The van der Waals surface area contributed by atoms with Gasteiger partial charge in [-0.3, -0.25) is 14.4 Å². The minimum absolute atomic E-state index is 0.00689. The van der Waals surface area contributed by atoms with Crippen LogP contribution in [0.5, 0.6) is 11.5 Å². The fourth-order valence-electron chi connectivity index (χ4n) is 3.42. The Balaban J connectivity index is 1.79. The van der Waals surface area contributed by atoms with Crippen LogP contribution in [0.2, 0.25) is 0 Å². The summed E-state index contributed by atoms with van der Waals surface area (Å²) in [6.45, 7) is 0.0944. The zero-order valence-electron chi connectivity index (χ0n) is 18.0. The van der Waals surface area contributed by atoms with Gasteiger partial charge in [-0.25, -0.2) is 0 Å². The smallest absolute Gasteiger partial charge is 0.387 e. The van der Waals surface area contributed by atoms with Crippen molar-refractivity contribution in [2.24, 2.45) is 0 Å². The van der Waals surface area contributed by atoms with Crippen molar-refractivity contribution in [3.63, 3.8) is 0 Å². The molecule has 1 saturated heterocycles. The predicted molar refractivity (Wildman–Crippen MR) is 113 cm³/mol. The van der Waals surface area contributed by atoms with Crippen LogP contribution in [0.1, 0.15) is 29.8 Å². The quantitative estimate of drug-likeness (QED) is 0.554. The number of ketones is 1. The minimum Gasteiger partial charge on any atom is -0.508 e. The molecule has 2 aromatic rings. The molecule has 1 aliphatic rings. The van der Waals surface area contributed by atoms with Crippen LogP contribution in [0.25, 0.3) is 0 Å². The molecular formula is C23H24F2N2O6. The van der Waals surface area contributed by atoms with E-state index in [-0.39, 0.29) is 35.9 Å². The second kappa shape index (κ2) is 9.95. The van der Waals surface area contributed by atoms with Gasteiger partial charge >= 0.3 is 6.61 Å². The number of carbonyl (C=O) groups excluding carboxylic acids is 3. The number of rotatable bonds is 8. The normalized spacial score (nSPS) is 21.0. The number of hydrogen-bond donors (Lipinski definition) is 3. The fourth-order valence-corrected chi connectivity index (χ4v) is 3.42. The maximum atomic E-state index is 13.1. The van der Waals surface area contributed by atoms with Crippen molar-refractivity contribution in [3.05, 3.63) is 59.7 Å². The third-order valence-electron chi connectivity index (χ3n) is 5.55. The summed E-state index contributed by atoms with van der Waals surface area (Å²) in [6.07, 6.45) is -0.536. The van der Waals surface area contributed by atoms with Gasteiger partial charge in [0.2, 0.25) is 5.91 Å². The lowest BCUT2D eigenvalue weighted by Gasteiger charge is -2.30. The topological polar surface area (TPSA) is 114 Å². The number of amides is 2. The average molecular weight is 462 g/mol. The number of alkyl halides is 2. The van der Waals surface area contributed by atoms with E-state index in [1.807, 2.05) is 0 Å². The Morgan fingerprint density at radius 1 is 1.24 bits per heavy atom. The molecule has 176 valence electrons. The van der Waals surface area contributed by atoms with Crippen LogP contribution in [0.15, 0.2) is 48.5 Å². The number of benzene rings is 2. The molecule has 2 amide bonds. The van der Waals surface area contributed by atoms with Gasteiger partial charge < -0.3 is 25.2 Å². The number of carbonyl (C=O) groups is 3. The maximum Gasteiger partial charge on any atom is 0.387 e. The molecule has 3 unspecified atom stereocenters. The molecule has 2 aromatic carbocycles. The summed E-state index contributed by atoms with van der Waals surface area (Å²) >= 11 is 0. The lowest BCUT2D eigenvalue weighted by Crippen LogP contribution is -2.60. The van der Waals surface area contributed by atoms with E-state index >= 15 is 0 Å². The summed E-state index contributed by atoms with van der Waals surface area (Å²) in [6, 6.07) is 10.1. The largest absolute Gasteiger partial charge is 0.508 e. The van der Waals surface area contributed by atoms with Gasteiger partial charge in [0.15, 0.2) is 5.78 Å². The molecule has 1 heterocycles. The minimum atomic E-state index is -2.99. The monoisotopic (exact) mass is 462 g/mol. The summed E-state index contributed by atoms with van der Waals surface area (Å²) in [5.74, 6) is -1.66. The summed E-state index contributed by atoms with van der Waals surface area (Å²) in [7, 11) is 0. The zero-order valence-corrected chi connectivity index (χ0v) is 18.0. The van der Waals surface area contributed by atoms with Crippen molar-refractivity contribution in [3.8, 4) is 11.5 Å². The second-order valence-corrected chi connectivity index (χ2v) is 7.87. The highest BCUT2D eigenvalue weighted by molar-refractivity contribution is 6.00. The Kier molecular flexibility index (Phi) is 7.27. The lowest BCUT2D eigenvalue weighted by atomic mass is 9.92. The first kappa shape index (κ1) is 24.1. The highest BCUT2D eigenvalue weighted by atomic mass is 19.3. The Labute approximate surface area is 188 Å². The molecule has 8 nitrogen and oxygen atoms in total. The van der Waals surface area contributed by atoms with Crippen molar-refractivity contribution in [2.45, 2.75) is 44.6 Å². The van der Waals surface area contributed by atoms with Crippen LogP contribution in [-0.4, -0.2) is 53.6 Å². The number of phenols is 1. The molecule has 3 rings (SSSR count). The summed E-state index contributed by atoms with van der Waals surface area (Å²) in [5, 5.41) is 15.0. The van der Waals surface area contributed by atoms with E-state index in [0.717, 1.165) is 0 Å². The van der Waals surface area contributed by atoms with E-state index in [2.05, 4.69) is 15.4 Å². The van der Waals surface area contributed by atoms with E-state index < -0.39 is 36.1 Å². The number of Topliss-reactive ketones (excluding diaryl/α,β-unsaturated/α-hetero) is 1. The second-order valence-electron chi connectivity index (χ2n) is 7.87. The molecule has 33 heavy (non-hydrogen) atoms. The Bertz CT molecular complexity index is 1030. The molecule has 10 heteroatoms. The summed E-state index contributed by atoms with van der Waals surface area (Å²) in [5.41, 5.74) is -0.568. The Morgan fingerprint density at radius 3 is 2.52 bits per heavy atom. The van der Waals surface area contributed by atoms with Crippen LogP contribution in [-0.2, 0) is 20.7 Å². The number of phenolic OH excluding ortho intramolecular Hbond substituents is 1. The van der Waals surface area contributed by atoms with Crippen molar-refractivity contribution < 1.29 is 37.7 Å². The van der Waals surface area contributed by atoms with Crippen LogP contribution in [0.3, 0.4) is 0 Å². The van der Waals surface area contributed by atoms with E-state index in [1.54, 1.807) is 26.0 Å². The predicted octanol–water partition coefficient (Wildman–Crippen LogP) is 2.20. The van der Waals surface area contributed by atoms with Crippen molar-refractivity contribution in [2.75, 3.05) is 6.61 Å². The van der Waals surface area contributed by atoms with E-state index in [4.69, 9.17) is 4.74 Å². The highest BCUT2D eigenvalue weighted by Crippen LogP contribution is 2.23. The summed E-state index contributed by atoms with van der Waals surface area (Å²) in [4.78, 5) is 38.2. The van der Waals surface area contributed by atoms with Crippen molar-refractivity contribution in [1.82, 2.24) is 10.6 Å². The summed E-state index contributed by atoms with van der Waals surface area (Å²) < 4.78 is 34.3. The first-order valence-corrected chi connectivity index (χ1v) is 10.2. The first-order chi connectivity index (χ1) is 15.6. The van der Waals surface area contributed by atoms with Gasteiger partial charge in [-0.1, -0.05) is 12.1 Å². The SMILES string of the molecule is CC1OCC(=O)C1(C)NC(=O)C(Cc1cccc(O)c1)NC(=O)c1ccc(OC(F)F)cc1.